The predicted molar refractivity (Wildman–Crippen MR) is 103 cm³/mol. The van der Waals surface area contributed by atoms with Crippen LogP contribution in [-0.2, 0) is 7.05 Å². The third-order valence-electron chi connectivity index (χ3n) is 4.30. The highest BCUT2D eigenvalue weighted by atomic mass is 32.2. The number of H-pyrrole nitrogens is 1. The largest absolute Gasteiger partial charge is 0.461 e. The van der Waals surface area contributed by atoms with Crippen LogP contribution in [-0.4, -0.2) is 24.7 Å². The molecule has 0 aliphatic rings. The summed E-state index contributed by atoms with van der Waals surface area (Å²) in [7, 11) is 1.89. The molecule has 1 N–H and O–H groups in total. The Morgan fingerprint density at radius 2 is 2.15 bits per heavy atom. The van der Waals surface area contributed by atoms with Gasteiger partial charge in [-0.1, -0.05) is 11.8 Å². The molecule has 4 aromatic rings. The van der Waals surface area contributed by atoms with E-state index < -0.39 is 0 Å². The molecule has 4 rings (SSSR count). The number of thioether (sulfide) groups is 1. The first kappa shape index (κ1) is 17.0. The minimum atomic E-state index is -0.0893. The van der Waals surface area contributed by atoms with Gasteiger partial charge in [-0.15, -0.1) is 21.5 Å². The molecule has 0 fully saturated rings. The molecule has 26 heavy (non-hydrogen) atoms. The number of aromatic amines is 1. The lowest BCUT2D eigenvalue weighted by Gasteiger charge is -2.10. The molecule has 0 aliphatic heterocycles. The van der Waals surface area contributed by atoms with Crippen LogP contribution in [0.2, 0.25) is 0 Å². The van der Waals surface area contributed by atoms with Gasteiger partial charge in [0.05, 0.1) is 16.9 Å². The maximum absolute atomic E-state index is 12.5. The summed E-state index contributed by atoms with van der Waals surface area (Å²) >= 11 is 3.04. The molecule has 1 atom stereocenters. The highest BCUT2D eigenvalue weighted by Crippen LogP contribution is 2.34. The van der Waals surface area contributed by atoms with E-state index in [0.717, 1.165) is 20.4 Å². The van der Waals surface area contributed by atoms with Gasteiger partial charge in [0.15, 0.2) is 16.7 Å². The molecule has 4 aromatic heterocycles. The molecule has 0 saturated carbocycles. The van der Waals surface area contributed by atoms with E-state index in [0.29, 0.717) is 22.8 Å². The van der Waals surface area contributed by atoms with Crippen molar-refractivity contribution in [2.24, 2.45) is 7.05 Å². The summed E-state index contributed by atoms with van der Waals surface area (Å²) in [6.45, 7) is 5.96. The van der Waals surface area contributed by atoms with Gasteiger partial charge in [0, 0.05) is 11.9 Å². The van der Waals surface area contributed by atoms with Crippen molar-refractivity contribution in [1.29, 1.82) is 0 Å². The van der Waals surface area contributed by atoms with Crippen molar-refractivity contribution < 1.29 is 4.42 Å². The van der Waals surface area contributed by atoms with Gasteiger partial charge in [0.1, 0.15) is 10.7 Å². The Balaban J connectivity index is 1.66. The van der Waals surface area contributed by atoms with Gasteiger partial charge in [-0.3, -0.25) is 4.79 Å². The fraction of sp³-hybridized carbons (Fsp3) is 0.294. The number of hydrogen-bond acceptors (Lipinski definition) is 7. The number of nitrogens with one attached hydrogen (secondary N) is 1. The first-order valence-electron chi connectivity index (χ1n) is 8.05. The lowest BCUT2D eigenvalue weighted by atomic mass is 10.2. The third-order valence-corrected chi connectivity index (χ3v) is 6.55. The Hall–Kier alpha value is -2.39. The van der Waals surface area contributed by atoms with Crippen molar-refractivity contribution in [3.05, 3.63) is 45.0 Å². The Morgan fingerprint density at radius 1 is 1.35 bits per heavy atom. The lowest BCUT2D eigenvalue weighted by Crippen LogP contribution is -2.12. The van der Waals surface area contributed by atoms with Gasteiger partial charge in [-0.25, -0.2) is 4.98 Å². The molecule has 9 heteroatoms. The second-order valence-electron chi connectivity index (χ2n) is 6.02. The minimum absolute atomic E-state index is 0.0813. The van der Waals surface area contributed by atoms with E-state index >= 15 is 0 Å². The van der Waals surface area contributed by atoms with Gasteiger partial charge >= 0.3 is 0 Å². The number of aromatic nitrogens is 5. The number of hydrogen-bond donors (Lipinski definition) is 1. The number of aryl methyl sites for hydroxylation is 2. The van der Waals surface area contributed by atoms with E-state index in [9.17, 15) is 4.79 Å². The Kier molecular flexibility index (Phi) is 4.20. The van der Waals surface area contributed by atoms with Crippen LogP contribution < -0.4 is 5.56 Å². The van der Waals surface area contributed by atoms with Crippen molar-refractivity contribution in [2.75, 3.05) is 0 Å². The SMILES string of the molecule is Cc1sc2nc([C@H](C)Sc3nnc(-c4ccco4)n3C)[nH]c(=O)c2c1C. The van der Waals surface area contributed by atoms with E-state index in [1.165, 1.54) is 11.8 Å². The molecule has 134 valence electrons. The molecular weight excluding hydrogens is 370 g/mol. The first-order valence-corrected chi connectivity index (χ1v) is 9.75. The van der Waals surface area contributed by atoms with Crippen molar-refractivity contribution in [2.45, 2.75) is 31.2 Å². The molecule has 7 nitrogen and oxygen atoms in total. The van der Waals surface area contributed by atoms with Crippen LogP contribution >= 0.6 is 23.1 Å². The van der Waals surface area contributed by atoms with Crippen LogP contribution in [0.25, 0.3) is 21.8 Å². The quantitative estimate of drug-likeness (QED) is 0.535. The second kappa shape index (κ2) is 6.40. The van der Waals surface area contributed by atoms with Crippen LogP contribution in [0.4, 0.5) is 0 Å². The zero-order valence-electron chi connectivity index (χ0n) is 14.7. The number of rotatable bonds is 4. The molecule has 4 heterocycles. The van der Waals surface area contributed by atoms with Crippen molar-refractivity contribution in [3.8, 4) is 11.6 Å². The van der Waals surface area contributed by atoms with Gasteiger partial charge < -0.3 is 14.0 Å². The summed E-state index contributed by atoms with van der Waals surface area (Å²) in [5, 5.41) is 9.77. The molecule has 0 amide bonds. The maximum Gasteiger partial charge on any atom is 0.259 e. The van der Waals surface area contributed by atoms with Gasteiger partial charge in [0.2, 0.25) is 0 Å². The lowest BCUT2D eigenvalue weighted by molar-refractivity contribution is 0.572. The summed E-state index contributed by atoms with van der Waals surface area (Å²) < 4.78 is 7.26. The van der Waals surface area contributed by atoms with E-state index in [1.54, 1.807) is 17.6 Å². The fourth-order valence-corrected chi connectivity index (χ4v) is 4.62. The zero-order chi connectivity index (χ0) is 18.4. The average Bonchev–Trinajstić information content (AvgIpc) is 3.30. The molecule has 0 saturated heterocycles. The summed E-state index contributed by atoms with van der Waals surface area (Å²) in [6, 6.07) is 3.66. The monoisotopic (exact) mass is 387 g/mol. The summed E-state index contributed by atoms with van der Waals surface area (Å²) in [6.07, 6.45) is 1.61. The highest BCUT2D eigenvalue weighted by molar-refractivity contribution is 7.99. The number of thiophene rings is 1. The average molecular weight is 387 g/mol. The molecule has 0 aliphatic carbocycles. The topological polar surface area (TPSA) is 89.6 Å². The number of furan rings is 1. The van der Waals surface area contributed by atoms with Crippen molar-refractivity contribution in [1.82, 2.24) is 24.7 Å². The normalized spacial score (nSPS) is 12.8. The maximum atomic E-state index is 12.5. The summed E-state index contributed by atoms with van der Waals surface area (Å²) in [5.74, 6) is 1.96. The molecular formula is C17H17N5O2S2. The highest BCUT2D eigenvalue weighted by Gasteiger charge is 2.20. The van der Waals surface area contributed by atoms with E-state index in [4.69, 9.17) is 4.42 Å². The van der Waals surface area contributed by atoms with Gasteiger partial charge in [0.25, 0.3) is 5.56 Å². The molecule has 0 bridgehead atoms. The Labute approximate surface area is 157 Å². The first-order chi connectivity index (χ1) is 12.5. The summed E-state index contributed by atoms with van der Waals surface area (Å²) in [4.78, 5) is 22.0. The van der Waals surface area contributed by atoms with Crippen LogP contribution in [0.1, 0.15) is 28.4 Å². The third kappa shape index (κ3) is 2.77. The van der Waals surface area contributed by atoms with Crippen molar-refractivity contribution >= 4 is 33.3 Å². The van der Waals surface area contributed by atoms with E-state index in [-0.39, 0.29) is 10.8 Å². The van der Waals surface area contributed by atoms with E-state index in [2.05, 4.69) is 20.2 Å². The fourth-order valence-electron chi connectivity index (χ4n) is 2.72. The smallest absolute Gasteiger partial charge is 0.259 e. The van der Waals surface area contributed by atoms with Crippen molar-refractivity contribution in [3.63, 3.8) is 0 Å². The summed E-state index contributed by atoms with van der Waals surface area (Å²) in [5.41, 5.74) is 0.913. The van der Waals surface area contributed by atoms with Crippen LogP contribution in [0, 0.1) is 13.8 Å². The Morgan fingerprint density at radius 3 is 2.88 bits per heavy atom. The zero-order valence-corrected chi connectivity index (χ0v) is 16.4. The van der Waals surface area contributed by atoms with Gasteiger partial charge in [-0.05, 0) is 38.5 Å². The van der Waals surface area contributed by atoms with Crippen LogP contribution in [0.3, 0.4) is 0 Å². The second-order valence-corrected chi connectivity index (χ2v) is 8.53. The van der Waals surface area contributed by atoms with Crippen LogP contribution in [0.5, 0.6) is 0 Å². The standard InChI is InChI=1S/C17H17N5O2S2/c1-8-9(2)25-16-12(8)15(23)18-13(19-16)10(3)26-17-21-20-14(22(17)4)11-6-5-7-24-11/h5-7,10H,1-4H3,(H,18,19,23)/t10-/m0/s1. The van der Waals surface area contributed by atoms with Crippen LogP contribution in [0.15, 0.2) is 32.8 Å². The predicted octanol–water partition coefficient (Wildman–Crippen LogP) is 3.84. The van der Waals surface area contributed by atoms with Gasteiger partial charge in [-0.2, -0.15) is 0 Å². The number of nitrogens with zero attached hydrogens (tertiary/aromatic N) is 4. The molecule has 0 spiro atoms. The molecule has 0 radical (unpaired) electrons. The molecule has 0 aromatic carbocycles. The Bertz CT molecular complexity index is 1140. The molecule has 0 unspecified atom stereocenters. The minimum Gasteiger partial charge on any atom is -0.461 e. The number of fused-ring (bicyclic) bond motifs is 1. The van der Waals surface area contributed by atoms with E-state index in [1.807, 2.05) is 44.5 Å².